The molecule has 0 atom stereocenters. The third-order valence-electron chi connectivity index (χ3n) is 1.79. The van der Waals surface area contributed by atoms with E-state index >= 15 is 0 Å². The van der Waals surface area contributed by atoms with Crippen molar-refractivity contribution in [2.75, 3.05) is 7.11 Å². The molecule has 0 aliphatic carbocycles. The summed E-state index contributed by atoms with van der Waals surface area (Å²) in [7, 11) is 1.74. The predicted molar refractivity (Wildman–Crippen MR) is 53.5 cm³/mol. The van der Waals surface area contributed by atoms with E-state index < -0.39 is 31.6 Å². The van der Waals surface area contributed by atoms with Crippen molar-refractivity contribution in [2.45, 2.75) is 11.3 Å². The Bertz CT molecular complexity index is 583. The van der Waals surface area contributed by atoms with Crippen molar-refractivity contribution in [1.82, 2.24) is 4.98 Å². The molecule has 9 heteroatoms. The van der Waals surface area contributed by atoms with Crippen LogP contribution < -0.4 is 4.74 Å². The topological polar surface area (TPSA) is 80.0 Å². The highest BCUT2D eigenvalue weighted by molar-refractivity contribution is 8.13. The van der Waals surface area contributed by atoms with Crippen LogP contribution in [0.25, 0.3) is 0 Å². The minimum absolute atomic E-state index is 0.287. The van der Waals surface area contributed by atoms with E-state index in [-0.39, 0.29) is 5.88 Å². The number of ether oxygens (including phenoxy) is 1. The zero-order chi connectivity index (χ0) is 13.2. The van der Waals surface area contributed by atoms with Crippen LogP contribution in [0.2, 0.25) is 0 Å². The molecule has 0 bridgehead atoms. The van der Waals surface area contributed by atoms with Gasteiger partial charge in [-0.1, -0.05) is 0 Å². The van der Waals surface area contributed by atoms with Crippen LogP contribution in [0.3, 0.4) is 0 Å². The minimum Gasteiger partial charge on any atom is -0.481 e. The minimum atomic E-state index is -4.42. The van der Waals surface area contributed by atoms with Gasteiger partial charge in [0.05, 0.1) is 17.6 Å². The first-order valence-electron chi connectivity index (χ1n) is 4.03. The van der Waals surface area contributed by atoms with Crippen molar-refractivity contribution in [3.8, 4) is 11.9 Å². The predicted octanol–water partition coefficient (Wildman–Crippen LogP) is 1.83. The monoisotopic (exact) mass is 282 g/mol. The molecule has 1 rings (SSSR count). The number of pyridine rings is 1. The number of nitrogens with zero attached hydrogens (tertiary/aromatic N) is 2. The number of aromatic nitrogens is 1. The molecule has 5 nitrogen and oxygen atoms in total. The summed E-state index contributed by atoms with van der Waals surface area (Å²) in [6.07, 6.45) is -3.19. The summed E-state index contributed by atoms with van der Waals surface area (Å²) in [5.74, 6) is -0.287. The van der Waals surface area contributed by atoms with Crippen molar-refractivity contribution < 1.29 is 21.9 Å². The van der Waals surface area contributed by atoms with E-state index in [0.717, 1.165) is 13.2 Å². The number of methoxy groups -OCH3 is 1. The summed E-state index contributed by atoms with van der Waals surface area (Å²) < 4.78 is 52.2. The highest BCUT2D eigenvalue weighted by atomic mass is 35.7. The molecule has 0 aliphatic heterocycles. The fourth-order valence-electron chi connectivity index (χ4n) is 1.11. The lowest BCUT2D eigenvalue weighted by molar-refractivity contribution is 0.147. The second kappa shape index (κ2) is 4.81. The summed E-state index contributed by atoms with van der Waals surface area (Å²) in [5.41, 5.74) is -1.76. The smallest absolute Gasteiger partial charge is 0.267 e. The van der Waals surface area contributed by atoms with Gasteiger partial charge in [0.1, 0.15) is 6.07 Å². The van der Waals surface area contributed by atoms with Crippen molar-refractivity contribution in [2.24, 2.45) is 0 Å². The Morgan fingerprint density at radius 3 is 2.53 bits per heavy atom. The van der Waals surface area contributed by atoms with Crippen LogP contribution in [0.5, 0.6) is 5.88 Å². The fourth-order valence-corrected chi connectivity index (χ4v) is 2.18. The van der Waals surface area contributed by atoms with E-state index in [1.807, 2.05) is 0 Å². The summed E-state index contributed by atoms with van der Waals surface area (Å²) in [6, 6.07) is 2.11. The zero-order valence-electron chi connectivity index (χ0n) is 8.32. The largest absolute Gasteiger partial charge is 0.481 e. The fraction of sp³-hybridized carbons (Fsp3) is 0.250. The van der Waals surface area contributed by atoms with Crippen LogP contribution >= 0.6 is 10.7 Å². The lowest BCUT2D eigenvalue weighted by Crippen LogP contribution is -2.05. The van der Waals surface area contributed by atoms with Crippen molar-refractivity contribution in [3.63, 3.8) is 0 Å². The average molecular weight is 283 g/mol. The first kappa shape index (κ1) is 13.6. The van der Waals surface area contributed by atoms with Gasteiger partial charge in [-0.3, -0.25) is 0 Å². The van der Waals surface area contributed by atoms with Crippen molar-refractivity contribution in [1.29, 1.82) is 5.26 Å². The Morgan fingerprint density at radius 1 is 1.59 bits per heavy atom. The molecule has 0 saturated heterocycles. The Labute approximate surface area is 100 Å². The number of hydrogen-bond acceptors (Lipinski definition) is 5. The Balaban J connectivity index is 3.72. The van der Waals surface area contributed by atoms with E-state index in [0.29, 0.717) is 0 Å². The Morgan fingerprint density at radius 2 is 2.18 bits per heavy atom. The molecule has 0 aliphatic rings. The molecular weight excluding hydrogens is 278 g/mol. The van der Waals surface area contributed by atoms with Gasteiger partial charge < -0.3 is 4.74 Å². The quantitative estimate of drug-likeness (QED) is 0.790. The first-order valence-corrected chi connectivity index (χ1v) is 6.34. The molecule has 0 radical (unpaired) electrons. The molecular formula is C8H5ClF2N2O3S. The van der Waals surface area contributed by atoms with Gasteiger partial charge in [-0.25, -0.2) is 22.2 Å². The summed E-state index contributed by atoms with van der Waals surface area (Å²) in [4.78, 5) is 2.54. The third kappa shape index (κ3) is 2.81. The maximum Gasteiger partial charge on any atom is 0.267 e. The molecule has 1 heterocycles. The molecule has 1 aromatic heterocycles. The summed E-state index contributed by atoms with van der Waals surface area (Å²) in [6.45, 7) is 0. The van der Waals surface area contributed by atoms with E-state index in [4.69, 9.17) is 15.9 Å². The maximum absolute atomic E-state index is 12.7. The van der Waals surface area contributed by atoms with Gasteiger partial charge in [-0.05, 0) is 0 Å². The van der Waals surface area contributed by atoms with Gasteiger partial charge in [-0.15, -0.1) is 0 Å². The van der Waals surface area contributed by atoms with Crippen LogP contribution in [0.4, 0.5) is 8.78 Å². The summed E-state index contributed by atoms with van der Waals surface area (Å²) >= 11 is 0. The third-order valence-corrected chi connectivity index (χ3v) is 3.15. The second-order valence-electron chi connectivity index (χ2n) is 2.78. The molecule has 92 valence electrons. The second-order valence-corrected chi connectivity index (χ2v) is 5.31. The normalized spacial score (nSPS) is 11.3. The molecule has 1 aromatic rings. The van der Waals surface area contributed by atoms with Gasteiger partial charge in [-0.2, -0.15) is 5.26 Å². The van der Waals surface area contributed by atoms with Crippen LogP contribution in [-0.4, -0.2) is 20.5 Å². The number of rotatable bonds is 3. The molecule has 0 saturated carbocycles. The van der Waals surface area contributed by atoms with Crippen molar-refractivity contribution in [3.05, 3.63) is 17.3 Å². The van der Waals surface area contributed by atoms with Crippen LogP contribution in [0, 0.1) is 11.3 Å². The van der Waals surface area contributed by atoms with Crippen LogP contribution in [-0.2, 0) is 9.05 Å². The molecule has 0 spiro atoms. The van der Waals surface area contributed by atoms with Gasteiger partial charge in [0.25, 0.3) is 15.5 Å². The SMILES string of the molecule is COc1cc(S(=O)(=O)Cl)c(C(F)F)c(C#N)n1. The maximum atomic E-state index is 12.7. The van der Waals surface area contributed by atoms with E-state index in [1.165, 1.54) is 6.07 Å². The first-order chi connectivity index (χ1) is 7.81. The molecule has 0 fully saturated rings. The molecule has 0 amide bonds. The van der Waals surface area contributed by atoms with Crippen molar-refractivity contribution >= 4 is 19.7 Å². The highest BCUT2D eigenvalue weighted by Crippen LogP contribution is 2.32. The van der Waals surface area contributed by atoms with Gasteiger partial charge in [0.2, 0.25) is 5.88 Å². The Hall–Kier alpha value is -1.46. The molecule has 17 heavy (non-hydrogen) atoms. The lowest BCUT2D eigenvalue weighted by Gasteiger charge is -2.09. The van der Waals surface area contributed by atoms with Gasteiger partial charge >= 0.3 is 0 Å². The number of halogens is 3. The number of nitriles is 1. The van der Waals surface area contributed by atoms with E-state index in [9.17, 15) is 17.2 Å². The van der Waals surface area contributed by atoms with Crippen LogP contribution in [0.1, 0.15) is 17.7 Å². The zero-order valence-corrected chi connectivity index (χ0v) is 9.89. The van der Waals surface area contributed by atoms with Crippen LogP contribution in [0.15, 0.2) is 11.0 Å². The van der Waals surface area contributed by atoms with E-state index in [1.54, 1.807) is 0 Å². The molecule has 0 N–H and O–H groups in total. The average Bonchev–Trinajstić information content (AvgIpc) is 2.25. The van der Waals surface area contributed by atoms with E-state index in [2.05, 4.69) is 9.72 Å². The standard InChI is InChI=1S/C8H5ClF2N2O3S/c1-16-6-2-5(17(9,14)15)7(8(10)11)4(3-12)13-6/h2,8H,1H3. The number of alkyl halides is 2. The molecule has 0 aromatic carbocycles. The van der Waals surface area contributed by atoms with Gasteiger partial charge in [0.15, 0.2) is 5.69 Å². The van der Waals surface area contributed by atoms with Gasteiger partial charge in [0, 0.05) is 16.7 Å². The highest BCUT2D eigenvalue weighted by Gasteiger charge is 2.27. The summed E-state index contributed by atoms with van der Waals surface area (Å²) in [5, 5.41) is 8.64. The lowest BCUT2D eigenvalue weighted by atomic mass is 10.2. The number of hydrogen-bond donors (Lipinski definition) is 0. The molecule has 0 unspecified atom stereocenters. The Kier molecular flexibility index (Phi) is 3.85.